The molecule has 7 nitrogen and oxygen atoms in total. The maximum absolute atomic E-state index is 12.6. The van der Waals surface area contributed by atoms with Crippen molar-refractivity contribution in [3.8, 4) is 0 Å². The molecular weight excluding hydrogens is 414 g/mol. The van der Waals surface area contributed by atoms with Gasteiger partial charge in [-0.1, -0.05) is 37.6 Å². The van der Waals surface area contributed by atoms with Gasteiger partial charge in [0.1, 0.15) is 12.6 Å². The van der Waals surface area contributed by atoms with Crippen LogP contribution in [0.15, 0.2) is 29.6 Å². The summed E-state index contributed by atoms with van der Waals surface area (Å²) in [5, 5.41) is 5.29. The second-order valence-electron chi connectivity index (χ2n) is 6.67. The third-order valence-corrected chi connectivity index (χ3v) is 5.40. The van der Waals surface area contributed by atoms with E-state index in [4.69, 9.17) is 16.3 Å². The Balaban J connectivity index is 2.02. The molecule has 1 atom stereocenters. The maximum atomic E-state index is 12.6. The lowest BCUT2D eigenvalue weighted by Gasteiger charge is -2.21. The van der Waals surface area contributed by atoms with Crippen LogP contribution in [0.25, 0.3) is 0 Å². The molecular formula is C20H24ClN3O4S. The molecule has 0 fully saturated rings. The predicted octanol–water partition coefficient (Wildman–Crippen LogP) is 3.67. The lowest BCUT2D eigenvalue weighted by Crippen LogP contribution is -2.45. The minimum atomic E-state index is -0.832. The fourth-order valence-electron chi connectivity index (χ4n) is 2.58. The third-order valence-electron chi connectivity index (χ3n) is 4.15. The first-order valence-corrected chi connectivity index (χ1v) is 10.4. The van der Waals surface area contributed by atoms with Crippen LogP contribution in [-0.4, -0.2) is 35.4 Å². The van der Waals surface area contributed by atoms with E-state index >= 15 is 0 Å². The molecule has 9 heteroatoms. The van der Waals surface area contributed by atoms with Crippen LogP contribution in [0, 0.1) is 5.92 Å². The van der Waals surface area contributed by atoms with Gasteiger partial charge in [0, 0.05) is 18.8 Å². The van der Waals surface area contributed by atoms with Gasteiger partial charge in [-0.15, -0.1) is 11.3 Å². The summed E-state index contributed by atoms with van der Waals surface area (Å²) in [6.45, 7) is 7.41. The van der Waals surface area contributed by atoms with Crippen molar-refractivity contribution in [2.24, 2.45) is 5.92 Å². The number of thiazole rings is 1. The highest BCUT2D eigenvalue weighted by atomic mass is 35.5. The lowest BCUT2D eigenvalue weighted by molar-refractivity contribution is -0.148. The molecule has 1 aromatic carbocycles. The number of carbonyl (C=O) groups excluding carboxylic acids is 3. The first-order chi connectivity index (χ1) is 13.7. The number of amides is 2. The van der Waals surface area contributed by atoms with Gasteiger partial charge in [-0.2, -0.15) is 0 Å². The zero-order valence-corrected chi connectivity index (χ0v) is 18.3. The molecule has 0 saturated carbocycles. The molecule has 1 aromatic heterocycles. The largest absolute Gasteiger partial charge is 0.458 e. The molecule has 2 aromatic rings. The van der Waals surface area contributed by atoms with Crippen LogP contribution < -0.4 is 10.2 Å². The van der Waals surface area contributed by atoms with Crippen LogP contribution >= 0.6 is 22.9 Å². The van der Waals surface area contributed by atoms with Crippen molar-refractivity contribution in [1.29, 1.82) is 0 Å². The highest BCUT2D eigenvalue weighted by Crippen LogP contribution is 2.21. The van der Waals surface area contributed by atoms with Gasteiger partial charge in [-0.25, -0.2) is 9.78 Å². The van der Waals surface area contributed by atoms with Crippen molar-refractivity contribution in [2.45, 2.75) is 40.3 Å². The predicted molar refractivity (Wildman–Crippen MR) is 113 cm³/mol. The fourth-order valence-corrected chi connectivity index (χ4v) is 3.71. The van der Waals surface area contributed by atoms with E-state index in [9.17, 15) is 14.4 Å². The number of carbonyl (C=O) groups is 3. The zero-order valence-electron chi connectivity index (χ0n) is 16.8. The average Bonchev–Trinajstić information content (AvgIpc) is 3.13. The molecule has 0 spiro atoms. The molecule has 1 heterocycles. The number of aromatic nitrogens is 1. The Bertz CT molecular complexity index is 884. The number of esters is 1. The van der Waals surface area contributed by atoms with Gasteiger partial charge in [-0.05, 0) is 25.0 Å². The summed E-state index contributed by atoms with van der Waals surface area (Å²) in [4.78, 5) is 42.5. The van der Waals surface area contributed by atoms with Crippen LogP contribution in [-0.2, 0) is 20.9 Å². The maximum Gasteiger partial charge on any atom is 0.329 e. The summed E-state index contributed by atoms with van der Waals surface area (Å²) in [5.41, 5.74) is 0.832. The van der Waals surface area contributed by atoms with Crippen molar-refractivity contribution in [3.63, 3.8) is 0 Å². The second-order valence-corrected chi connectivity index (χ2v) is 7.91. The van der Waals surface area contributed by atoms with Crippen molar-refractivity contribution in [1.82, 2.24) is 10.3 Å². The molecule has 0 saturated heterocycles. The SMILES string of the molecule is CCN(C(C)=O)c1nc(COC(=O)[C@@H](NC(=O)c2ccccc2Cl)C(C)C)cs1. The highest BCUT2D eigenvalue weighted by molar-refractivity contribution is 7.14. The number of nitrogens with one attached hydrogen (secondary N) is 1. The molecule has 0 radical (unpaired) electrons. The van der Waals surface area contributed by atoms with Gasteiger partial charge in [0.05, 0.1) is 16.3 Å². The monoisotopic (exact) mass is 437 g/mol. The fraction of sp³-hybridized carbons (Fsp3) is 0.400. The van der Waals surface area contributed by atoms with Crippen LogP contribution in [0.4, 0.5) is 5.13 Å². The number of ether oxygens (including phenoxy) is 1. The Kier molecular flexibility index (Phi) is 8.16. The standard InChI is InChI=1S/C20H24ClN3O4S/c1-5-24(13(4)25)20-22-14(11-29-20)10-28-19(27)17(12(2)3)23-18(26)15-8-6-7-9-16(15)21/h6-9,11-12,17H,5,10H2,1-4H3,(H,23,26)/t17-/m0/s1. The number of benzene rings is 1. The van der Waals surface area contributed by atoms with Gasteiger partial charge < -0.3 is 10.1 Å². The van der Waals surface area contributed by atoms with E-state index in [0.29, 0.717) is 28.0 Å². The van der Waals surface area contributed by atoms with Gasteiger partial charge in [0.15, 0.2) is 5.13 Å². The summed E-state index contributed by atoms with van der Waals surface area (Å²) in [7, 11) is 0. The van der Waals surface area contributed by atoms with Crippen LogP contribution in [0.1, 0.15) is 43.7 Å². The van der Waals surface area contributed by atoms with Crippen LogP contribution in [0.3, 0.4) is 0 Å². The zero-order chi connectivity index (χ0) is 21.6. The summed E-state index contributed by atoms with van der Waals surface area (Å²) in [5.74, 6) is -1.29. The van der Waals surface area contributed by atoms with Crippen molar-refractivity contribution in [3.05, 3.63) is 45.9 Å². The van der Waals surface area contributed by atoms with E-state index in [2.05, 4.69) is 10.3 Å². The number of halogens is 1. The van der Waals surface area contributed by atoms with Gasteiger partial charge in [0.2, 0.25) is 5.91 Å². The van der Waals surface area contributed by atoms with E-state index in [0.717, 1.165) is 0 Å². The van der Waals surface area contributed by atoms with E-state index in [1.165, 1.54) is 23.2 Å². The smallest absolute Gasteiger partial charge is 0.329 e. The Labute approximate surface area is 179 Å². The first kappa shape index (κ1) is 22.8. The van der Waals surface area contributed by atoms with Gasteiger partial charge in [0.25, 0.3) is 5.91 Å². The third kappa shape index (κ3) is 6.01. The van der Waals surface area contributed by atoms with Crippen LogP contribution in [0.2, 0.25) is 5.02 Å². The Hall–Kier alpha value is -2.45. The van der Waals surface area contributed by atoms with E-state index < -0.39 is 17.9 Å². The first-order valence-electron chi connectivity index (χ1n) is 9.19. The molecule has 0 aliphatic heterocycles. The number of nitrogens with zero attached hydrogens (tertiary/aromatic N) is 2. The van der Waals surface area contributed by atoms with Crippen molar-refractivity contribution < 1.29 is 19.1 Å². The Morgan fingerprint density at radius 1 is 1.28 bits per heavy atom. The molecule has 0 unspecified atom stereocenters. The van der Waals surface area contributed by atoms with E-state index in [1.807, 2.05) is 20.8 Å². The summed E-state index contributed by atoms with van der Waals surface area (Å²) < 4.78 is 5.36. The molecule has 1 N–H and O–H groups in total. The van der Waals surface area contributed by atoms with E-state index in [-0.39, 0.29) is 18.4 Å². The number of anilines is 1. The molecule has 0 aliphatic rings. The summed E-state index contributed by atoms with van der Waals surface area (Å²) in [6, 6.07) is 5.79. The van der Waals surface area contributed by atoms with Crippen LogP contribution in [0.5, 0.6) is 0 Å². The minimum Gasteiger partial charge on any atom is -0.458 e. The molecule has 0 aliphatic carbocycles. The average molecular weight is 438 g/mol. The second kappa shape index (κ2) is 10.4. The Morgan fingerprint density at radius 3 is 2.55 bits per heavy atom. The highest BCUT2D eigenvalue weighted by Gasteiger charge is 2.27. The molecule has 0 bridgehead atoms. The van der Waals surface area contributed by atoms with E-state index in [1.54, 1.807) is 29.6 Å². The van der Waals surface area contributed by atoms with Crippen molar-refractivity contribution in [2.75, 3.05) is 11.4 Å². The Morgan fingerprint density at radius 2 is 1.97 bits per heavy atom. The number of hydrogen-bond donors (Lipinski definition) is 1. The van der Waals surface area contributed by atoms with Gasteiger partial charge >= 0.3 is 5.97 Å². The number of hydrogen-bond acceptors (Lipinski definition) is 6. The summed E-state index contributed by atoms with van der Waals surface area (Å²) >= 11 is 7.36. The molecule has 29 heavy (non-hydrogen) atoms. The summed E-state index contributed by atoms with van der Waals surface area (Å²) in [6.07, 6.45) is 0. The van der Waals surface area contributed by atoms with Gasteiger partial charge in [-0.3, -0.25) is 14.5 Å². The molecule has 2 amide bonds. The lowest BCUT2D eigenvalue weighted by atomic mass is 10.0. The quantitative estimate of drug-likeness (QED) is 0.636. The van der Waals surface area contributed by atoms with Crippen molar-refractivity contribution >= 4 is 45.9 Å². The molecule has 2 rings (SSSR count). The normalized spacial score (nSPS) is 11.8. The minimum absolute atomic E-state index is 0.0457. The molecule has 156 valence electrons. The topological polar surface area (TPSA) is 88.6 Å². The number of rotatable bonds is 8.